The van der Waals surface area contributed by atoms with Crippen molar-refractivity contribution in [3.63, 3.8) is 0 Å². The van der Waals surface area contributed by atoms with E-state index >= 15 is 0 Å². The maximum Gasteiger partial charge on any atom is 0.407 e. The van der Waals surface area contributed by atoms with Crippen LogP contribution in [0.3, 0.4) is 0 Å². The molecule has 5 heteroatoms. The molecule has 1 aliphatic rings. The SMILES string of the molecule is O=C(O)N1CCC[C@H]1CNCCO. The Hall–Kier alpha value is -0.810. The second-order valence-electron chi connectivity index (χ2n) is 3.20. The standard InChI is InChI=1S/C8H16N2O3/c11-5-3-9-6-7-2-1-4-10(7)8(12)13/h7,9,11H,1-6H2,(H,12,13)/t7-/m0/s1. The molecule has 0 saturated carbocycles. The Labute approximate surface area is 77.3 Å². The molecule has 1 rings (SSSR count). The van der Waals surface area contributed by atoms with Crippen molar-refractivity contribution in [2.45, 2.75) is 18.9 Å². The van der Waals surface area contributed by atoms with Gasteiger partial charge in [-0.25, -0.2) is 4.79 Å². The summed E-state index contributed by atoms with van der Waals surface area (Å²) in [5.41, 5.74) is 0. The molecule has 3 N–H and O–H groups in total. The molecule has 13 heavy (non-hydrogen) atoms. The van der Waals surface area contributed by atoms with Gasteiger partial charge >= 0.3 is 6.09 Å². The lowest BCUT2D eigenvalue weighted by Crippen LogP contribution is -2.41. The van der Waals surface area contributed by atoms with Gasteiger partial charge in [-0.2, -0.15) is 0 Å². The van der Waals surface area contributed by atoms with Crippen molar-refractivity contribution in [3.05, 3.63) is 0 Å². The Kier molecular flexibility index (Phi) is 3.98. The lowest BCUT2D eigenvalue weighted by atomic mass is 10.2. The number of carbonyl (C=O) groups is 1. The molecule has 1 heterocycles. The second kappa shape index (κ2) is 5.04. The normalized spacial score (nSPS) is 22.2. The molecular formula is C8H16N2O3. The molecule has 0 bridgehead atoms. The summed E-state index contributed by atoms with van der Waals surface area (Å²) in [6, 6.07) is 0.0871. The number of nitrogens with one attached hydrogen (secondary N) is 1. The number of nitrogens with zero attached hydrogens (tertiary/aromatic N) is 1. The molecule has 76 valence electrons. The summed E-state index contributed by atoms with van der Waals surface area (Å²) in [6.07, 6.45) is 1.02. The minimum Gasteiger partial charge on any atom is -0.465 e. The zero-order valence-corrected chi connectivity index (χ0v) is 7.57. The van der Waals surface area contributed by atoms with Gasteiger partial charge < -0.3 is 20.4 Å². The molecule has 0 aromatic carbocycles. The number of amides is 1. The first-order valence-corrected chi connectivity index (χ1v) is 4.57. The lowest BCUT2D eigenvalue weighted by Gasteiger charge is -2.21. The summed E-state index contributed by atoms with van der Waals surface area (Å²) in [5.74, 6) is 0. The third kappa shape index (κ3) is 2.86. The fourth-order valence-electron chi connectivity index (χ4n) is 1.65. The van der Waals surface area contributed by atoms with Gasteiger partial charge in [-0.3, -0.25) is 0 Å². The third-order valence-electron chi connectivity index (χ3n) is 2.29. The maximum absolute atomic E-state index is 10.7. The summed E-state index contributed by atoms with van der Waals surface area (Å²) < 4.78 is 0. The molecular weight excluding hydrogens is 172 g/mol. The summed E-state index contributed by atoms with van der Waals surface area (Å²) in [6.45, 7) is 1.91. The monoisotopic (exact) mass is 188 g/mol. The van der Waals surface area contributed by atoms with Crippen molar-refractivity contribution >= 4 is 6.09 Å². The molecule has 1 aliphatic heterocycles. The van der Waals surface area contributed by atoms with Gasteiger partial charge in [0.2, 0.25) is 0 Å². The summed E-state index contributed by atoms with van der Waals surface area (Å²) in [7, 11) is 0. The van der Waals surface area contributed by atoms with Gasteiger partial charge in [0.25, 0.3) is 0 Å². The molecule has 0 spiro atoms. The van der Waals surface area contributed by atoms with Crippen molar-refractivity contribution < 1.29 is 15.0 Å². The highest BCUT2D eigenvalue weighted by Gasteiger charge is 2.27. The predicted octanol–water partition coefficient (Wildman–Crippen LogP) is -0.289. The molecule has 5 nitrogen and oxygen atoms in total. The Morgan fingerprint density at radius 3 is 3.00 bits per heavy atom. The van der Waals surface area contributed by atoms with Gasteiger partial charge in [0.05, 0.1) is 6.61 Å². The van der Waals surface area contributed by atoms with Crippen molar-refractivity contribution in [1.29, 1.82) is 0 Å². The van der Waals surface area contributed by atoms with Crippen molar-refractivity contribution in [2.24, 2.45) is 0 Å². The summed E-state index contributed by atoms with van der Waals surface area (Å²) in [5, 5.41) is 20.3. The smallest absolute Gasteiger partial charge is 0.407 e. The van der Waals surface area contributed by atoms with Crippen LogP contribution in [0.15, 0.2) is 0 Å². The average Bonchev–Trinajstić information content (AvgIpc) is 2.53. The molecule has 0 aromatic heterocycles. The highest BCUT2D eigenvalue weighted by atomic mass is 16.4. The van der Waals surface area contributed by atoms with E-state index in [9.17, 15) is 4.79 Å². The van der Waals surface area contributed by atoms with Crippen LogP contribution >= 0.6 is 0 Å². The van der Waals surface area contributed by atoms with E-state index in [1.54, 1.807) is 0 Å². The minimum atomic E-state index is -0.840. The fraction of sp³-hybridized carbons (Fsp3) is 0.875. The number of hydrogen-bond donors (Lipinski definition) is 3. The molecule has 0 radical (unpaired) electrons. The van der Waals surface area contributed by atoms with Crippen LogP contribution in [0, 0.1) is 0 Å². The minimum absolute atomic E-state index is 0.0871. The Balaban J connectivity index is 2.27. The van der Waals surface area contributed by atoms with E-state index in [0.717, 1.165) is 12.8 Å². The highest BCUT2D eigenvalue weighted by Crippen LogP contribution is 2.15. The first-order chi connectivity index (χ1) is 6.25. The topological polar surface area (TPSA) is 72.8 Å². The number of aliphatic hydroxyl groups excluding tert-OH is 1. The van der Waals surface area contributed by atoms with Crippen LogP contribution in [0.25, 0.3) is 0 Å². The van der Waals surface area contributed by atoms with Crippen molar-refractivity contribution in [1.82, 2.24) is 10.2 Å². The van der Waals surface area contributed by atoms with E-state index in [4.69, 9.17) is 10.2 Å². The molecule has 0 unspecified atom stereocenters. The van der Waals surface area contributed by atoms with Gasteiger partial charge in [0.15, 0.2) is 0 Å². The molecule has 0 aromatic rings. The zero-order chi connectivity index (χ0) is 9.68. The number of likely N-dealkylation sites (tertiary alicyclic amines) is 1. The molecule has 0 aliphatic carbocycles. The Morgan fingerprint density at radius 2 is 2.38 bits per heavy atom. The van der Waals surface area contributed by atoms with Crippen LogP contribution in [0.5, 0.6) is 0 Å². The van der Waals surface area contributed by atoms with Gasteiger partial charge in [-0.05, 0) is 12.8 Å². The number of aliphatic hydroxyl groups is 1. The van der Waals surface area contributed by atoms with Gasteiger partial charge in [-0.15, -0.1) is 0 Å². The number of rotatable bonds is 4. The van der Waals surface area contributed by atoms with Crippen LogP contribution < -0.4 is 5.32 Å². The summed E-state index contributed by atoms with van der Waals surface area (Å²) >= 11 is 0. The second-order valence-corrected chi connectivity index (χ2v) is 3.20. The average molecular weight is 188 g/mol. The van der Waals surface area contributed by atoms with E-state index < -0.39 is 6.09 Å². The molecule has 1 fully saturated rings. The van der Waals surface area contributed by atoms with Crippen LogP contribution in [0.4, 0.5) is 4.79 Å². The predicted molar refractivity (Wildman–Crippen MR) is 47.7 cm³/mol. The molecule has 1 atom stereocenters. The quantitative estimate of drug-likeness (QED) is 0.530. The molecule has 1 saturated heterocycles. The van der Waals surface area contributed by atoms with Crippen LogP contribution in [-0.4, -0.2) is 53.5 Å². The first kappa shape index (κ1) is 10.3. The van der Waals surface area contributed by atoms with Gasteiger partial charge in [-0.1, -0.05) is 0 Å². The Morgan fingerprint density at radius 1 is 1.62 bits per heavy atom. The zero-order valence-electron chi connectivity index (χ0n) is 7.57. The number of carboxylic acid groups (broad SMARTS) is 1. The third-order valence-corrected chi connectivity index (χ3v) is 2.29. The van der Waals surface area contributed by atoms with Gasteiger partial charge in [0, 0.05) is 25.7 Å². The fourth-order valence-corrected chi connectivity index (χ4v) is 1.65. The van der Waals surface area contributed by atoms with E-state index in [2.05, 4.69) is 5.32 Å². The van der Waals surface area contributed by atoms with Gasteiger partial charge in [0.1, 0.15) is 0 Å². The summed E-state index contributed by atoms with van der Waals surface area (Å²) in [4.78, 5) is 12.2. The first-order valence-electron chi connectivity index (χ1n) is 4.57. The highest BCUT2D eigenvalue weighted by molar-refractivity contribution is 5.65. The van der Waals surface area contributed by atoms with Crippen LogP contribution in [0.2, 0.25) is 0 Å². The van der Waals surface area contributed by atoms with Crippen molar-refractivity contribution in [3.8, 4) is 0 Å². The van der Waals surface area contributed by atoms with E-state index in [1.165, 1.54) is 4.90 Å². The Bertz CT molecular complexity index is 175. The molecule has 1 amide bonds. The maximum atomic E-state index is 10.7. The van der Waals surface area contributed by atoms with E-state index in [-0.39, 0.29) is 12.6 Å². The van der Waals surface area contributed by atoms with Crippen molar-refractivity contribution in [2.75, 3.05) is 26.2 Å². The van der Waals surface area contributed by atoms with E-state index in [0.29, 0.717) is 19.6 Å². The number of hydrogen-bond acceptors (Lipinski definition) is 3. The largest absolute Gasteiger partial charge is 0.465 e. The van der Waals surface area contributed by atoms with Crippen LogP contribution in [-0.2, 0) is 0 Å². The van der Waals surface area contributed by atoms with Crippen LogP contribution in [0.1, 0.15) is 12.8 Å². The van der Waals surface area contributed by atoms with E-state index in [1.807, 2.05) is 0 Å². The lowest BCUT2D eigenvalue weighted by molar-refractivity contribution is 0.139.